The second-order valence-electron chi connectivity index (χ2n) is 10.5. The Bertz CT molecular complexity index is 1100. The minimum Gasteiger partial charge on any atom is -0.484 e. The molecule has 5 heteroatoms. The largest absolute Gasteiger partial charge is 0.484 e. The highest BCUT2D eigenvalue weighted by molar-refractivity contribution is 5.89. The van der Waals surface area contributed by atoms with Crippen LogP contribution in [-0.4, -0.2) is 34.9 Å². The summed E-state index contributed by atoms with van der Waals surface area (Å²) in [6, 6.07) is 26.7. The van der Waals surface area contributed by atoms with Crippen molar-refractivity contribution in [3.63, 3.8) is 0 Å². The normalized spacial score (nSPS) is 12.2. The van der Waals surface area contributed by atoms with Crippen LogP contribution in [-0.2, 0) is 22.6 Å². The van der Waals surface area contributed by atoms with Gasteiger partial charge in [0.2, 0.25) is 5.91 Å². The number of ether oxygens (including phenoxy) is 1. The molecule has 0 radical (unpaired) electrons. The summed E-state index contributed by atoms with van der Waals surface area (Å²) in [5, 5.41) is 3.08. The molecule has 0 bridgehead atoms. The van der Waals surface area contributed by atoms with Gasteiger partial charge in [-0.3, -0.25) is 9.59 Å². The molecule has 0 fully saturated rings. The number of rotatable bonds is 10. The maximum Gasteiger partial charge on any atom is 0.261 e. The van der Waals surface area contributed by atoms with Crippen molar-refractivity contribution in [1.82, 2.24) is 10.2 Å². The van der Waals surface area contributed by atoms with E-state index in [-0.39, 0.29) is 18.4 Å². The fourth-order valence-electron chi connectivity index (χ4n) is 3.96. The molecule has 3 aromatic carbocycles. The number of hydrogen-bond acceptors (Lipinski definition) is 3. The van der Waals surface area contributed by atoms with Gasteiger partial charge >= 0.3 is 0 Å². The molecule has 1 atom stereocenters. The smallest absolute Gasteiger partial charge is 0.261 e. The number of benzene rings is 3. The van der Waals surface area contributed by atoms with E-state index >= 15 is 0 Å². The summed E-state index contributed by atoms with van der Waals surface area (Å²) in [6.45, 7) is 10.3. The van der Waals surface area contributed by atoms with E-state index in [4.69, 9.17) is 4.74 Å². The molecule has 3 rings (SSSR count). The maximum absolute atomic E-state index is 13.6. The van der Waals surface area contributed by atoms with Gasteiger partial charge in [0, 0.05) is 18.5 Å². The topological polar surface area (TPSA) is 58.6 Å². The van der Waals surface area contributed by atoms with Gasteiger partial charge in [0.05, 0.1) is 0 Å². The summed E-state index contributed by atoms with van der Waals surface area (Å²) in [4.78, 5) is 28.8. The summed E-state index contributed by atoms with van der Waals surface area (Å²) in [5.41, 5.74) is 2.72. The summed E-state index contributed by atoms with van der Waals surface area (Å²) >= 11 is 0. The van der Waals surface area contributed by atoms with Crippen molar-refractivity contribution >= 4 is 11.8 Å². The van der Waals surface area contributed by atoms with Crippen LogP contribution in [0, 0.1) is 0 Å². The first-order valence-corrected chi connectivity index (χ1v) is 12.5. The molecule has 0 heterocycles. The number of nitrogens with one attached hydrogen (secondary N) is 1. The Hall–Kier alpha value is -3.60. The van der Waals surface area contributed by atoms with Crippen molar-refractivity contribution in [3.05, 3.63) is 102 Å². The number of carbonyl (C=O) groups is 2. The maximum atomic E-state index is 13.6. The lowest BCUT2D eigenvalue weighted by molar-refractivity contribution is -0.143. The van der Waals surface area contributed by atoms with Gasteiger partial charge in [-0.15, -0.1) is 0 Å². The van der Waals surface area contributed by atoms with Crippen LogP contribution in [0.3, 0.4) is 0 Å². The van der Waals surface area contributed by atoms with E-state index in [2.05, 4.69) is 19.2 Å². The first-order chi connectivity index (χ1) is 17.1. The SMILES string of the molecule is CC(C)c1ccc(OCC(=O)N(Cc2ccccc2)[C@@H](Cc2ccccc2)C(=O)NC(C)(C)C)cc1. The van der Waals surface area contributed by atoms with Crippen molar-refractivity contribution in [3.8, 4) is 5.75 Å². The molecule has 0 unspecified atom stereocenters. The van der Waals surface area contributed by atoms with Crippen LogP contribution in [0.4, 0.5) is 0 Å². The number of amides is 2. The minimum atomic E-state index is -0.689. The molecule has 0 aromatic heterocycles. The van der Waals surface area contributed by atoms with Crippen LogP contribution in [0.2, 0.25) is 0 Å². The molecule has 190 valence electrons. The molecule has 0 saturated heterocycles. The molecule has 36 heavy (non-hydrogen) atoms. The molecule has 3 aromatic rings. The molecule has 0 aliphatic heterocycles. The fourth-order valence-corrected chi connectivity index (χ4v) is 3.96. The fraction of sp³-hybridized carbons (Fsp3) is 0.355. The highest BCUT2D eigenvalue weighted by Gasteiger charge is 2.32. The summed E-state index contributed by atoms with van der Waals surface area (Å²) in [7, 11) is 0. The van der Waals surface area contributed by atoms with Crippen molar-refractivity contribution in [2.75, 3.05) is 6.61 Å². The third kappa shape index (κ3) is 8.26. The van der Waals surface area contributed by atoms with E-state index in [1.165, 1.54) is 5.56 Å². The number of hydrogen-bond donors (Lipinski definition) is 1. The quantitative estimate of drug-likeness (QED) is 0.397. The Kier molecular flexibility index (Phi) is 9.29. The third-order valence-electron chi connectivity index (χ3n) is 5.87. The Labute approximate surface area is 215 Å². The average Bonchev–Trinajstić information content (AvgIpc) is 2.85. The van der Waals surface area contributed by atoms with Crippen molar-refractivity contribution in [2.24, 2.45) is 0 Å². The van der Waals surface area contributed by atoms with E-state index in [9.17, 15) is 9.59 Å². The van der Waals surface area contributed by atoms with Crippen LogP contribution in [0.15, 0.2) is 84.9 Å². The predicted octanol–water partition coefficient (Wildman–Crippen LogP) is 5.74. The van der Waals surface area contributed by atoms with E-state index < -0.39 is 11.6 Å². The molecule has 0 aliphatic carbocycles. The predicted molar refractivity (Wildman–Crippen MR) is 145 cm³/mol. The monoisotopic (exact) mass is 486 g/mol. The third-order valence-corrected chi connectivity index (χ3v) is 5.87. The van der Waals surface area contributed by atoms with Gasteiger partial charge in [0.25, 0.3) is 5.91 Å². The van der Waals surface area contributed by atoms with Gasteiger partial charge in [0.15, 0.2) is 6.61 Å². The van der Waals surface area contributed by atoms with E-state index in [1.807, 2.05) is 106 Å². The lowest BCUT2D eigenvalue weighted by atomic mass is 10.0. The number of carbonyl (C=O) groups excluding carboxylic acids is 2. The zero-order valence-electron chi connectivity index (χ0n) is 22.0. The van der Waals surface area contributed by atoms with Gasteiger partial charge in [-0.1, -0.05) is 86.6 Å². The highest BCUT2D eigenvalue weighted by atomic mass is 16.5. The molecule has 0 saturated carbocycles. The second kappa shape index (κ2) is 12.4. The zero-order valence-corrected chi connectivity index (χ0v) is 22.0. The molecular formula is C31H38N2O3. The molecule has 0 aliphatic rings. The van der Waals surface area contributed by atoms with Gasteiger partial charge < -0.3 is 15.0 Å². The average molecular weight is 487 g/mol. The zero-order chi connectivity index (χ0) is 26.1. The Morgan fingerprint density at radius 1 is 0.833 bits per heavy atom. The second-order valence-corrected chi connectivity index (χ2v) is 10.5. The minimum absolute atomic E-state index is 0.151. The van der Waals surface area contributed by atoms with Gasteiger partial charge in [-0.25, -0.2) is 0 Å². The molecule has 2 amide bonds. The molecule has 5 nitrogen and oxygen atoms in total. The van der Waals surface area contributed by atoms with Crippen LogP contribution >= 0.6 is 0 Å². The van der Waals surface area contributed by atoms with Crippen LogP contribution in [0.25, 0.3) is 0 Å². The van der Waals surface area contributed by atoms with Gasteiger partial charge in [-0.05, 0) is 55.5 Å². The summed E-state index contributed by atoms with van der Waals surface area (Å²) in [5.74, 6) is 0.627. The van der Waals surface area contributed by atoms with Crippen molar-refractivity contribution < 1.29 is 14.3 Å². The first kappa shape index (κ1) is 27.0. The lowest BCUT2D eigenvalue weighted by Gasteiger charge is -2.33. The van der Waals surface area contributed by atoms with E-state index in [0.717, 1.165) is 11.1 Å². The molecular weight excluding hydrogens is 448 g/mol. The summed E-state index contributed by atoms with van der Waals surface area (Å²) < 4.78 is 5.88. The van der Waals surface area contributed by atoms with Gasteiger partial charge in [0.1, 0.15) is 11.8 Å². The molecule has 1 N–H and O–H groups in total. The summed E-state index contributed by atoms with van der Waals surface area (Å²) in [6.07, 6.45) is 0.407. The van der Waals surface area contributed by atoms with Gasteiger partial charge in [-0.2, -0.15) is 0 Å². The van der Waals surface area contributed by atoms with Crippen LogP contribution in [0.5, 0.6) is 5.75 Å². The van der Waals surface area contributed by atoms with Crippen molar-refractivity contribution in [2.45, 2.75) is 65.1 Å². The highest BCUT2D eigenvalue weighted by Crippen LogP contribution is 2.20. The Morgan fingerprint density at radius 3 is 1.92 bits per heavy atom. The Morgan fingerprint density at radius 2 is 1.39 bits per heavy atom. The molecule has 0 spiro atoms. The lowest BCUT2D eigenvalue weighted by Crippen LogP contribution is -2.55. The van der Waals surface area contributed by atoms with Crippen molar-refractivity contribution in [1.29, 1.82) is 0 Å². The standard InChI is InChI=1S/C31H38N2O3/c1-23(2)26-16-18-27(19-17-26)36-22-29(34)33(21-25-14-10-7-11-15-25)28(30(35)32-31(3,4)5)20-24-12-8-6-9-13-24/h6-19,23,28H,20-22H2,1-5H3,(H,32,35)/t28-/m0/s1. The Balaban J connectivity index is 1.87. The van der Waals surface area contributed by atoms with Crippen LogP contribution < -0.4 is 10.1 Å². The first-order valence-electron chi connectivity index (χ1n) is 12.5. The van der Waals surface area contributed by atoms with E-state index in [1.54, 1.807) is 4.90 Å². The number of nitrogens with zero attached hydrogens (tertiary/aromatic N) is 1. The van der Waals surface area contributed by atoms with E-state index in [0.29, 0.717) is 24.6 Å². The van der Waals surface area contributed by atoms with Crippen LogP contribution in [0.1, 0.15) is 57.2 Å².